The molecule has 3 N–H and O–H groups in total. The van der Waals surface area contributed by atoms with E-state index in [4.69, 9.17) is 0 Å². The number of nitrogens with zero attached hydrogens (tertiary/aromatic N) is 2. The van der Waals surface area contributed by atoms with E-state index in [0.717, 1.165) is 18.0 Å². The molecule has 0 aliphatic rings. The monoisotopic (exact) mass is 487 g/mol. The molecule has 1 aromatic heterocycles. The van der Waals surface area contributed by atoms with Gasteiger partial charge in [0.15, 0.2) is 5.96 Å². The van der Waals surface area contributed by atoms with E-state index in [2.05, 4.69) is 38.1 Å². The van der Waals surface area contributed by atoms with Crippen molar-refractivity contribution in [3.63, 3.8) is 0 Å². The van der Waals surface area contributed by atoms with Crippen molar-refractivity contribution in [2.45, 2.75) is 26.8 Å². The Morgan fingerprint density at radius 2 is 1.96 bits per heavy atom. The summed E-state index contributed by atoms with van der Waals surface area (Å²) >= 11 is 1.65. The zero-order valence-electron chi connectivity index (χ0n) is 15.1. The topological polar surface area (TPSA) is 78.4 Å². The second-order valence-corrected chi connectivity index (χ2v) is 6.82. The number of carbonyl (C=O) groups is 1. The van der Waals surface area contributed by atoms with Gasteiger partial charge in [0.2, 0.25) is 5.91 Å². The summed E-state index contributed by atoms with van der Waals surface area (Å²) in [6, 6.07) is 10.1. The molecule has 1 aromatic carbocycles. The van der Waals surface area contributed by atoms with Gasteiger partial charge in [-0.25, -0.2) is 9.98 Å². The molecule has 0 saturated heterocycles. The highest BCUT2D eigenvalue weighted by atomic mass is 127. The minimum Gasteiger partial charge on any atom is -0.357 e. The number of hydrogen-bond acceptors (Lipinski definition) is 4. The van der Waals surface area contributed by atoms with Crippen molar-refractivity contribution >= 4 is 47.2 Å². The molecule has 8 heteroatoms. The first-order valence-corrected chi connectivity index (χ1v) is 9.23. The van der Waals surface area contributed by atoms with E-state index >= 15 is 0 Å². The maximum absolute atomic E-state index is 11.9. The molecule has 26 heavy (non-hydrogen) atoms. The SMILES string of the molecule is CCNC(=NCC(=O)NCCc1ccccc1)NCc1ncc(C)s1.I. The fourth-order valence-electron chi connectivity index (χ4n) is 2.18. The van der Waals surface area contributed by atoms with Crippen molar-refractivity contribution in [3.8, 4) is 0 Å². The zero-order valence-corrected chi connectivity index (χ0v) is 18.3. The van der Waals surface area contributed by atoms with Gasteiger partial charge in [0, 0.05) is 24.2 Å². The highest BCUT2D eigenvalue weighted by molar-refractivity contribution is 14.0. The summed E-state index contributed by atoms with van der Waals surface area (Å²) in [5.41, 5.74) is 1.21. The first-order valence-electron chi connectivity index (χ1n) is 8.41. The Labute approximate surface area is 175 Å². The molecule has 1 heterocycles. The van der Waals surface area contributed by atoms with E-state index in [1.54, 1.807) is 11.3 Å². The van der Waals surface area contributed by atoms with E-state index < -0.39 is 0 Å². The van der Waals surface area contributed by atoms with Crippen LogP contribution in [0.5, 0.6) is 0 Å². The predicted molar refractivity (Wildman–Crippen MR) is 118 cm³/mol. The number of guanidine groups is 1. The molecule has 0 radical (unpaired) electrons. The van der Waals surface area contributed by atoms with Gasteiger partial charge in [0.05, 0.1) is 6.54 Å². The number of aromatic nitrogens is 1. The van der Waals surface area contributed by atoms with Gasteiger partial charge in [-0.05, 0) is 25.8 Å². The third-order valence-electron chi connectivity index (χ3n) is 3.38. The summed E-state index contributed by atoms with van der Waals surface area (Å²) in [6.45, 7) is 6.06. The lowest BCUT2D eigenvalue weighted by Crippen LogP contribution is -2.38. The van der Waals surface area contributed by atoms with Gasteiger partial charge in [-0.15, -0.1) is 35.3 Å². The van der Waals surface area contributed by atoms with Crippen LogP contribution < -0.4 is 16.0 Å². The molecule has 2 aromatic rings. The highest BCUT2D eigenvalue weighted by Gasteiger charge is 2.04. The minimum absolute atomic E-state index is 0. The number of nitrogens with one attached hydrogen (secondary N) is 3. The van der Waals surface area contributed by atoms with E-state index in [0.29, 0.717) is 19.0 Å². The molecule has 0 bridgehead atoms. The molecule has 2 rings (SSSR count). The lowest BCUT2D eigenvalue weighted by molar-refractivity contribution is -0.119. The Morgan fingerprint density at radius 1 is 1.19 bits per heavy atom. The molecule has 0 atom stereocenters. The molecule has 142 valence electrons. The molecule has 0 saturated carbocycles. The normalized spacial score (nSPS) is 10.8. The number of aliphatic imine (C=N–C) groups is 1. The van der Waals surface area contributed by atoms with Crippen molar-refractivity contribution in [2.75, 3.05) is 19.6 Å². The van der Waals surface area contributed by atoms with Gasteiger partial charge in [-0.2, -0.15) is 0 Å². The first-order chi connectivity index (χ1) is 12.2. The predicted octanol–water partition coefficient (Wildman–Crippen LogP) is 2.48. The summed E-state index contributed by atoms with van der Waals surface area (Å²) < 4.78 is 0. The number of halogens is 1. The van der Waals surface area contributed by atoms with Crippen LogP contribution in [0, 0.1) is 6.92 Å². The van der Waals surface area contributed by atoms with Crippen LogP contribution in [-0.4, -0.2) is 36.5 Å². The van der Waals surface area contributed by atoms with Crippen molar-refractivity contribution in [1.29, 1.82) is 0 Å². The highest BCUT2D eigenvalue weighted by Crippen LogP contribution is 2.10. The molecule has 6 nitrogen and oxygen atoms in total. The van der Waals surface area contributed by atoms with Crippen molar-refractivity contribution in [3.05, 3.63) is 52.0 Å². The lowest BCUT2D eigenvalue weighted by Gasteiger charge is -2.10. The Balaban J connectivity index is 0.00000338. The first kappa shape index (κ1) is 22.4. The van der Waals surface area contributed by atoms with Crippen molar-refractivity contribution < 1.29 is 4.79 Å². The Kier molecular flexibility index (Phi) is 10.9. The van der Waals surface area contributed by atoms with Crippen LogP contribution in [0.2, 0.25) is 0 Å². The molecule has 0 aliphatic carbocycles. The molecule has 0 unspecified atom stereocenters. The Hall–Kier alpha value is -1.68. The van der Waals surface area contributed by atoms with Crippen LogP contribution in [0.15, 0.2) is 41.5 Å². The number of rotatable bonds is 8. The summed E-state index contributed by atoms with van der Waals surface area (Å²) in [5.74, 6) is 0.534. The number of amides is 1. The van der Waals surface area contributed by atoms with Crippen LogP contribution in [-0.2, 0) is 17.8 Å². The zero-order chi connectivity index (χ0) is 17.9. The van der Waals surface area contributed by atoms with Crippen molar-refractivity contribution in [1.82, 2.24) is 20.9 Å². The quantitative estimate of drug-likeness (QED) is 0.304. The molecular formula is C18H26IN5OS. The van der Waals surface area contributed by atoms with Crippen LogP contribution in [0.25, 0.3) is 0 Å². The van der Waals surface area contributed by atoms with E-state index in [1.807, 2.05) is 38.2 Å². The van der Waals surface area contributed by atoms with Crippen LogP contribution in [0.4, 0.5) is 0 Å². The standard InChI is InChI=1S/C18H25N5OS.HI/c1-3-19-18(23-13-17-21-11-14(2)25-17)22-12-16(24)20-10-9-15-7-5-4-6-8-15;/h4-8,11H,3,9-10,12-13H2,1-2H3,(H,20,24)(H2,19,22,23);1H. The van der Waals surface area contributed by atoms with Gasteiger partial charge in [0.25, 0.3) is 0 Å². The number of carbonyl (C=O) groups excluding carboxylic acids is 1. The second-order valence-electron chi connectivity index (χ2n) is 5.50. The fraction of sp³-hybridized carbons (Fsp3) is 0.389. The number of hydrogen-bond donors (Lipinski definition) is 3. The average molecular weight is 487 g/mol. The van der Waals surface area contributed by atoms with E-state index in [1.165, 1.54) is 10.4 Å². The Morgan fingerprint density at radius 3 is 2.62 bits per heavy atom. The smallest absolute Gasteiger partial charge is 0.241 e. The van der Waals surface area contributed by atoms with E-state index in [9.17, 15) is 4.79 Å². The molecule has 1 amide bonds. The maximum atomic E-state index is 11.9. The van der Waals surface area contributed by atoms with Crippen LogP contribution in [0.1, 0.15) is 22.4 Å². The summed E-state index contributed by atoms with van der Waals surface area (Å²) in [4.78, 5) is 21.7. The summed E-state index contributed by atoms with van der Waals surface area (Å²) in [6.07, 6.45) is 2.67. The minimum atomic E-state index is -0.0850. The summed E-state index contributed by atoms with van der Waals surface area (Å²) in [7, 11) is 0. The van der Waals surface area contributed by atoms with Gasteiger partial charge in [-0.1, -0.05) is 30.3 Å². The van der Waals surface area contributed by atoms with Gasteiger partial charge < -0.3 is 16.0 Å². The largest absolute Gasteiger partial charge is 0.357 e. The van der Waals surface area contributed by atoms with Crippen molar-refractivity contribution in [2.24, 2.45) is 4.99 Å². The molecular weight excluding hydrogens is 461 g/mol. The second kappa shape index (κ2) is 12.6. The molecule has 0 fully saturated rings. The molecule has 0 aliphatic heterocycles. The number of thiazole rings is 1. The number of aryl methyl sites for hydroxylation is 1. The average Bonchev–Trinajstić information content (AvgIpc) is 3.04. The summed E-state index contributed by atoms with van der Waals surface area (Å²) in [5, 5.41) is 10.2. The Bertz CT molecular complexity index is 690. The third-order valence-corrected chi connectivity index (χ3v) is 4.29. The van der Waals surface area contributed by atoms with Crippen LogP contribution in [0.3, 0.4) is 0 Å². The van der Waals surface area contributed by atoms with Gasteiger partial charge in [-0.3, -0.25) is 4.79 Å². The molecule has 0 spiro atoms. The van der Waals surface area contributed by atoms with Gasteiger partial charge >= 0.3 is 0 Å². The van der Waals surface area contributed by atoms with Gasteiger partial charge in [0.1, 0.15) is 11.6 Å². The van der Waals surface area contributed by atoms with E-state index in [-0.39, 0.29) is 36.4 Å². The number of benzene rings is 1. The third kappa shape index (κ3) is 8.61. The lowest BCUT2D eigenvalue weighted by atomic mass is 10.1. The van der Waals surface area contributed by atoms with Crippen LogP contribution >= 0.6 is 35.3 Å². The fourth-order valence-corrected chi connectivity index (χ4v) is 2.91. The maximum Gasteiger partial charge on any atom is 0.241 e.